The van der Waals surface area contributed by atoms with Crippen LogP contribution in [0.1, 0.15) is 118 Å². The largest absolute Gasteiger partial charge is 0.461 e. The summed E-state index contributed by atoms with van der Waals surface area (Å²) in [5.41, 5.74) is 0.320. The Kier molecular flexibility index (Phi) is 9.12. The minimum Gasteiger partial charge on any atom is -0.461 e. The van der Waals surface area contributed by atoms with Crippen LogP contribution in [0.25, 0.3) is 0 Å². The number of ether oxygens (including phenoxy) is 2. The molecule has 0 spiro atoms. The molecule has 6 fully saturated rings. The average Bonchev–Trinajstić information content (AvgIpc) is 3.30. The van der Waals surface area contributed by atoms with Crippen molar-refractivity contribution in [3.63, 3.8) is 0 Å². The van der Waals surface area contributed by atoms with Gasteiger partial charge in [-0.05, 0) is 119 Å². The van der Waals surface area contributed by atoms with Crippen molar-refractivity contribution in [1.82, 2.24) is 4.90 Å². The number of rotatable bonds is 7. The molecule has 43 heavy (non-hydrogen) atoms. The van der Waals surface area contributed by atoms with Crippen LogP contribution in [-0.2, 0) is 19.1 Å². The Morgan fingerprint density at radius 1 is 0.930 bits per heavy atom. The van der Waals surface area contributed by atoms with Crippen molar-refractivity contribution in [3.05, 3.63) is 12.7 Å². The maximum Gasteiger partial charge on any atom is 0.306 e. The minimum atomic E-state index is -0.114. The molecule has 0 amide bonds. The molecule has 0 radical (unpaired) electrons. The number of esters is 2. The minimum absolute atomic E-state index is 0.00952. The molecule has 0 aromatic carbocycles. The van der Waals surface area contributed by atoms with Gasteiger partial charge in [0, 0.05) is 31.2 Å². The van der Waals surface area contributed by atoms with Crippen LogP contribution in [-0.4, -0.2) is 78.3 Å². The molecule has 6 nitrogen and oxygen atoms in total. The maximum absolute atomic E-state index is 13.0. The number of nitrogens with zero attached hydrogens (tertiary/aromatic N) is 2. The fraction of sp³-hybridized carbons (Fsp3) is 0.892. The second-order valence-corrected chi connectivity index (χ2v) is 16.2. The van der Waals surface area contributed by atoms with Crippen LogP contribution in [0.15, 0.2) is 12.7 Å². The summed E-state index contributed by atoms with van der Waals surface area (Å²) in [7, 11) is 0. The second kappa shape index (κ2) is 12.4. The molecule has 6 aliphatic rings. The number of carbonyl (C=O) groups excluding carboxylic acids is 2. The lowest BCUT2D eigenvalue weighted by atomic mass is 9.44. The average molecular weight is 598 g/mol. The Hall–Kier alpha value is -1.40. The lowest BCUT2D eigenvalue weighted by Crippen LogP contribution is -2.63. The summed E-state index contributed by atoms with van der Waals surface area (Å²) in [5, 5.41) is 0. The van der Waals surface area contributed by atoms with Crippen molar-refractivity contribution in [2.75, 3.05) is 32.7 Å². The van der Waals surface area contributed by atoms with Crippen LogP contribution in [0, 0.1) is 34.5 Å². The highest BCUT2D eigenvalue weighted by molar-refractivity contribution is 5.69. The van der Waals surface area contributed by atoms with E-state index < -0.39 is 0 Å². The van der Waals surface area contributed by atoms with E-state index in [0.29, 0.717) is 42.2 Å². The van der Waals surface area contributed by atoms with Crippen LogP contribution in [0.4, 0.5) is 0 Å². The van der Waals surface area contributed by atoms with E-state index in [2.05, 4.69) is 31.4 Å². The fourth-order valence-corrected chi connectivity index (χ4v) is 12.2. The summed E-state index contributed by atoms with van der Waals surface area (Å²) in [6.45, 7) is 18.6. The van der Waals surface area contributed by atoms with Gasteiger partial charge in [0.05, 0.1) is 19.6 Å². The molecular weight excluding hydrogens is 536 g/mol. The Morgan fingerprint density at radius 2 is 1.65 bits per heavy atom. The smallest absolute Gasteiger partial charge is 0.306 e. The molecule has 4 saturated carbocycles. The summed E-state index contributed by atoms with van der Waals surface area (Å²) >= 11 is 0. The third-order valence-corrected chi connectivity index (χ3v) is 14.2. The van der Waals surface area contributed by atoms with Gasteiger partial charge in [0.15, 0.2) is 6.10 Å². The van der Waals surface area contributed by atoms with Crippen LogP contribution in [0.2, 0.25) is 0 Å². The maximum atomic E-state index is 13.0. The van der Waals surface area contributed by atoms with Crippen molar-refractivity contribution in [1.29, 1.82) is 0 Å². The zero-order chi connectivity index (χ0) is 30.4. The van der Waals surface area contributed by atoms with Crippen LogP contribution < -0.4 is 0 Å². The predicted octanol–water partition coefficient (Wildman–Crippen LogP) is 6.91. The lowest BCUT2D eigenvalue weighted by Gasteiger charge is -2.62. The van der Waals surface area contributed by atoms with Crippen molar-refractivity contribution < 1.29 is 23.5 Å². The molecule has 0 N–H and O–H groups in total. The third kappa shape index (κ3) is 5.53. The number of hydrogen-bond acceptors (Lipinski definition) is 5. The molecule has 0 aromatic rings. The number of quaternary nitrogens is 1. The molecule has 6 heteroatoms. The highest BCUT2D eigenvalue weighted by Crippen LogP contribution is 2.68. The predicted molar refractivity (Wildman–Crippen MR) is 170 cm³/mol. The third-order valence-electron chi connectivity index (χ3n) is 14.2. The van der Waals surface area contributed by atoms with E-state index in [1.54, 1.807) is 6.92 Å². The second-order valence-electron chi connectivity index (χ2n) is 16.2. The van der Waals surface area contributed by atoms with Gasteiger partial charge in [-0.3, -0.25) is 14.5 Å². The highest BCUT2D eigenvalue weighted by atomic mass is 16.5. The summed E-state index contributed by atoms with van der Waals surface area (Å²) in [4.78, 5) is 27.9. The standard InChI is InChI=1S/C37H61N2O4/c1-6-20-39(21-12-9-13-22-39)32-24-30-28-15-14-27-23-33(42-26(3)40)31(38-18-10-8-11-19-38)25-37(27,5)29(28)16-17-36(30,4)35(32)43-34(41)7-2/h6,27-33,35H,1,7-25H2,2-5H3/q+1/t27?,28?,29?,30?,31?,32?,33?,35?,36-,37-/m0/s1. The van der Waals surface area contributed by atoms with E-state index in [1.165, 1.54) is 77.3 Å². The van der Waals surface area contributed by atoms with Gasteiger partial charge in [0.1, 0.15) is 12.1 Å². The Bertz CT molecular complexity index is 1030. The zero-order valence-corrected chi connectivity index (χ0v) is 27.9. The van der Waals surface area contributed by atoms with Crippen molar-refractivity contribution in [2.45, 2.75) is 142 Å². The van der Waals surface area contributed by atoms with Gasteiger partial charge in [-0.25, -0.2) is 0 Å². The van der Waals surface area contributed by atoms with Crippen molar-refractivity contribution in [3.8, 4) is 0 Å². The normalized spacial score (nSPS) is 44.4. The molecule has 2 aliphatic heterocycles. The van der Waals surface area contributed by atoms with Gasteiger partial charge in [-0.2, -0.15) is 0 Å². The molecule has 10 atom stereocenters. The summed E-state index contributed by atoms with van der Waals surface area (Å²) in [5.74, 6) is 2.48. The first-order valence-electron chi connectivity index (χ1n) is 18.2. The SMILES string of the molecule is C=CC[N+]1(C2CC3C4CCC5CC(OC(C)=O)C(N6CCCCC6)C[C@]5(C)C4CC[C@]3(C)C2OC(=O)CC)CCCCC1. The van der Waals surface area contributed by atoms with E-state index in [1.807, 2.05) is 6.92 Å². The van der Waals surface area contributed by atoms with Gasteiger partial charge in [0.25, 0.3) is 0 Å². The molecule has 2 saturated heterocycles. The van der Waals surface area contributed by atoms with Gasteiger partial charge in [-0.15, -0.1) is 0 Å². The van der Waals surface area contributed by atoms with E-state index in [-0.39, 0.29) is 35.0 Å². The van der Waals surface area contributed by atoms with Gasteiger partial charge in [0.2, 0.25) is 0 Å². The Morgan fingerprint density at radius 3 is 2.33 bits per heavy atom. The van der Waals surface area contributed by atoms with E-state index in [9.17, 15) is 9.59 Å². The first kappa shape index (κ1) is 31.6. The summed E-state index contributed by atoms with van der Waals surface area (Å²) in [6, 6.07) is 0.732. The molecule has 2 heterocycles. The molecular formula is C37H61N2O4+. The van der Waals surface area contributed by atoms with E-state index in [0.717, 1.165) is 43.4 Å². The molecule has 0 aromatic heterocycles. The topological polar surface area (TPSA) is 55.8 Å². The number of hydrogen-bond donors (Lipinski definition) is 0. The quantitative estimate of drug-likeness (QED) is 0.181. The Balaban J connectivity index is 1.31. The number of piperidine rings is 2. The fourth-order valence-electron chi connectivity index (χ4n) is 12.2. The highest BCUT2D eigenvalue weighted by Gasteiger charge is 2.67. The van der Waals surface area contributed by atoms with E-state index >= 15 is 0 Å². The summed E-state index contributed by atoms with van der Waals surface area (Å²) < 4.78 is 13.8. The van der Waals surface area contributed by atoms with Crippen LogP contribution in [0.3, 0.4) is 0 Å². The summed E-state index contributed by atoms with van der Waals surface area (Å²) in [6.07, 6.45) is 18.7. The first-order valence-corrected chi connectivity index (χ1v) is 18.2. The Labute approximate surface area is 261 Å². The zero-order valence-electron chi connectivity index (χ0n) is 27.9. The molecule has 6 rings (SSSR count). The molecule has 4 aliphatic carbocycles. The van der Waals surface area contributed by atoms with E-state index in [4.69, 9.17) is 9.47 Å². The monoisotopic (exact) mass is 597 g/mol. The molecule has 8 unspecified atom stereocenters. The molecule has 0 bridgehead atoms. The van der Waals surface area contributed by atoms with Crippen LogP contribution in [0.5, 0.6) is 0 Å². The number of carbonyl (C=O) groups is 2. The van der Waals surface area contributed by atoms with Gasteiger partial charge >= 0.3 is 11.9 Å². The molecule has 242 valence electrons. The number of fused-ring (bicyclic) bond motifs is 5. The first-order chi connectivity index (χ1) is 20.6. The lowest BCUT2D eigenvalue weighted by molar-refractivity contribution is -0.952. The van der Waals surface area contributed by atoms with Crippen LogP contribution >= 0.6 is 0 Å². The number of likely N-dealkylation sites (tertiary alicyclic amines) is 2. The van der Waals surface area contributed by atoms with Gasteiger partial charge < -0.3 is 14.0 Å². The van der Waals surface area contributed by atoms with Crippen molar-refractivity contribution in [2.24, 2.45) is 34.5 Å². The van der Waals surface area contributed by atoms with Gasteiger partial charge in [-0.1, -0.05) is 33.8 Å². The van der Waals surface area contributed by atoms with Crippen molar-refractivity contribution >= 4 is 11.9 Å².